The largest absolute Gasteiger partial charge is 0.369 e. The van der Waals surface area contributed by atoms with Crippen molar-refractivity contribution in [1.82, 2.24) is 10.2 Å². The lowest BCUT2D eigenvalue weighted by Gasteiger charge is -2.21. The number of amidine groups is 1. The zero-order valence-corrected chi connectivity index (χ0v) is 10.5. The average molecular weight is 199 g/mol. The molecule has 0 aliphatic carbocycles. The second-order valence-corrected chi connectivity index (χ2v) is 5.00. The fraction of sp³-hybridized carbons (Fsp3) is 0.909. The SMILES string of the molecule is CC(=NCCCN(C)C)NC(C)(C)C. The van der Waals surface area contributed by atoms with Gasteiger partial charge in [0.05, 0.1) is 5.84 Å². The highest BCUT2D eigenvalue weighted by atomic mass is 15.1. The molecule has 0 amide bonds. The fourth-order valence-corrected chi connectivity index (χ4v) is 1.22. The third-order valence-corrected chi connectivity index (χ3v) is 1.67. The molecule has 3 heteroatoms. The molecule has 0 unspecified atom stereocenters. The summed E-state index contributed by atoms with van der Waals surface area (Å²) in [5, 5.41) is 3.34. The van der Waals surface area contributed by atoms with Crippen molar-refractivity contribution in [1.29, 1.82) is 0 Å². The molecule has 0 rings (SSSR count). The summed E-state index contributed by atoms with van der Waals surface area (Å²) >= 11 is 0. The van der Waals surface area contributed by atoms with Crippen molar-refractivity contribution in [2.45, 2.75) is 39.7 Å². The van der Waals surface area contributed by atoms with Crippen molar-refractivity contribution in [2.75, 3.05) is 27.2 Å². The third-order valence-electron chi connectivity index (χ3n) is 1.67. The minimum absolute atomic E-state index is 0.120. The summed E-state index contributed by atoms with van der Waals surface area (Å²) in [5.41, 5.74) is 0.120. The van der Waals surface area contributed by atoms with Gasteiger partial charge in [0.2, 0.25) is 0 Å². The second kappa shape index (κ2) is 6.02. The summed E-state index contributed by atoms with van der Waals surface area (Å²) in [6.45, 7) is 10.5. The van der Waals surface area contributed by atoms with E-state index in [1.54, 1.807) is 0 Å². The molecule has 0 saturated carbocycles. The molecule has 14 heavy (non-hydrogen) atoms. The van der Waals surface area contributed by atoms with Crippen molar-refractivity contribution in [2.24, 2.45) is 4.99 Å². The van der Waals surface area contributed by atoms with Crippen LogP contribution in [0, 0.1) is 0 Å². The first-order valence-electron chi connectivity index (χ1n) is 5.25. The Morgan fingerprint density at radius 3 is 2.29 bits per heavy atom. The Kier molecular flexibility index (Phi) is 5.77. The predicted octanol–water partition coefficient (Wildman–Crippen LogP) is 1.74. The van der Waals surface area contributed by atoms with Gasteiger partial charge in [-0.3, -0.25) is 4.99 Å². The van der Waals surface area contributed by atoms with Crippen LogP contribution in [0.25, 0.3) is 0 Å². The van der Waals surface area contributed by atoms with E-state index in [-0.39, 0.29) is 5.54 Å². The Bertz CT molecular complexity index is 177. The molecule has 0 radical (unpaired) electrons. The molecule has 0 bridgehead atoms. The summed E-state index contributed by atoms with van der Waals surface area (Å²) in [6, 6.07) is 0. The van der Waals surface area contributed by atoms with Gasteiger partial charge in [0.25, 0.3) is 0 Å². The van der Waals surface area contributed by atoms with Crippen molar-refractivity contribution in [3.05, 3.63) is 0 Å². The number of hydrogen-bond acceptors (Lipinski definition) is 2. The molecule has 0 spiro atoms. The van der Waals surface area contributed by atoms with Crippen LogP contribution in [-0.4, -0.2) is 43.5 Å². The first kappa shape index (κ1) is 13.4. The standard InChI is InChI=1S/C11H25N3/c1-10(13-11(2,3)4)12-8-7-9-14(5)6/h7-9H2,1-6H3,(H,12,13). The molecule has 84 valence electrons. The van der Waals surface area contributed by atoms with Crippen LogP contribution < -0.4 is 5.32 Å². The molecule has 0 aromatic carbocycles. The van der Waals surface area contributed by atoms with Gasteiger partial charge in [0.1, 0.15) is 0 Å². The summed E-state index contributed by atoms with van der Waals surface area (Å²) in [7, 11) is 4.17. The monoisotopic (exact) mass is 199 g/mol. The van der Waals surface area contributed by atoms with E-state index < -0.39 is 0 Å². The normalized spacial score (nSPS) is 13.5. The molecule has 0 aromatic rings. The lowest BCUT2D eigenvalue weighted by atomic mass is 10.1. The molecule has 0 heterocycles. The van der Waals surface area contributed by atoms with Crippen LogP contribution in [0.15, 0.2) is 4.99 Å². The average Bonchev–Trinajstić information content (AvgIpc) is 1.94. The number of nitrogens with zero attached hydrogens (tertiary/aromatic N) is 2. The van der Waals surface area contributed by atoms with Gasteiger partial charge >= 0.3 is 0 Å². The predicted molar refractivity (Wildman–Crippen MR) is 64.0 cm³/mol. The zero-order chi connectivity index (χ0) is 11.2. The molecular formula is C11H25N3. The topological polar surface area (TPSA) is 27.6 Å². The number of aliphatic imine (C=N–C) groups is 1. The summed E-state index contributed by atoms with van der Waals surface area (Å²) < 4.78 is 0. The number of rotatable bonds is 4. The molecule has 1 N–H and O–H groups in total. The van der Waals surface area contributed by atoms with Gasteiger partial charge < -0.3 is 10.2 Å². The first-order chi connectivity index (χ1) is 6.31. The highest BCUT2D eigenvalue weighted by molar-refractivity contribution is 5.80. The van der Waals surface area contributed by atoms with E-state index in [9.17, 15) is 0 Å². The Balaban J connectivity index is 3.67. The Morgan fingerprint density at radius 1 is 1.29 bits per heavy atom. The van der Waals surface area contributed by atoms with Crippen molar-refractivity contribution >= 4 is 5.84 Å². The van der Waals surface area contributed by atoms with Crippen LogP contribution in [-0.2, 0) is 0 Å². The van der Waals surface area contributed by atoms with E-state index in [1.165, 1.54) is 0 Å². The van der Waals surface area contributed by atoms with Crippen molar-refractivity contribution in [3.63, 3.8) is 0 Å². The summed E-state index contributed by atoms with van der Waals surface area (Å²) in [4.78, 5) is 6.64. The highest BCUT2D eigenvalue weighted by Gasteiger charge is 2.08. The molecular weight excluding hydrogens is 174 g/mol. The van der Waals surface area contributed by atoms with Crippen LogP contribution >= 0.6 is 0 Å². The first-order valence-corrected chi connectivity index (χ1v) is 5.25. The van der Waals surface area contributed by atoms with Crippen LogP contribution in [0.5, 0.6) is 0 Å². The summed E-state index contributed by atoms with van der Waals surface area (Å²) in [5.74, 6) is 1.04. The van der Waals surface area contributed by atoms with Gasteiger partial charge in [-0.25, -0.2) is 0 Å². The maximum Gasteiger partial charge on any atom is 0.0935 e. The number of nitrogens with one attached hydrogen (secondary N) is 1. The van der Waals surface area contributed by atoms with E-state index in [0.717, 1.165) is 25.3 Å². The van der Waals surface area contributed by atoms with Gasteiger partial charge in [-0.2, -0.15) is 0 Å². The molecule has 0 aliphatic rings. The van der Waals surface area contributed by atoms with E-state index in [4.69, 9.17) is 0 Å². The van der Waals surface area contributed by atoms with Crippen LogP contribution in [0.2, 0.25) is 0 Å². The maximum atomic E-state index is 4.46. The molecule has 3 nitrogen and oxygen atoms in total. The molecule has 0 atom stereocenters. The smallest absolute Gasteiger partial charge is 0.0935 e. The lowest BCUT2D eigenvalue weighted by molar-refractivity contribution is 0.403. The Labute approximate surface area is 88.6 Å². The zero-order valence-electron chi connectivity index (χ0n) is 10.5. The Hall–Kier alpha value is -0.570. The van der Waals surface area contributed by atoms with Gasteiger partial charge in [-0.05, 0) is 54.8 Å². The van der Waals surface area contributed by atoms with Crippen LogP contribution in [0.3, 0.4) is 0 Å². The van der Waals surface area contributed by atoms with E-state index >= 15 is 0 Å². The van der Waals surface area contributed by atoms with Gasteiger partial charge in [0.15, 0.2) is 0 Å². The Morgan fingerprint density at radius 2 is 1.86 bits per heavy atom. The fourth-order valence-electron chi connectivity index (χ4n) is 1.22. The highest BCUT2D eigenvalue weighted by Crippen LogP contribution is 1.98. The molecule has 0 aliphatic heterocycles. The lowest BCUT2D eigenvalue weighted by Crippen LogP contribution is -2.39. The third kappa shape index (κ3) is 9.52. The van der Waals surface area contributed by atoms with Crippen molar-refractivity contribution < 1.29 is 0 Å². The van der Waals surface area contributed by atoms with Crippen LogP contribution in [0.4, 0.5) is 0 Å². The quantitative estimate of drug-likeness (QED) is 0.424. The minimum Gasteiger partial charge on any atom is -0.369 e. The molecule has 0 aromatic heterocycles. The molecule has 0 fully saturated rings. The number of hydrogen-bond donors (Lipinski definition) is 1. The second-order valence-electron chi connectivity index (χ2n) is 5.00. The van der Waals surface area contributed by atoms with Crippen LogP contribution in [0.1, 0.15) is 34.1 Å². The van der Waals surface area contributed by atoms with E-state index in [2.05, 4.69) is 50.1 Å². The maximum absolute atomic E-state index is 4.46. The van der Waals surface area contributed by atoms with Gasteiger partial charge in [-0.15, -0.1) is 0 Å². The summed E-state index contributed by atoms with van der Waals surface area (Å²) in [6.07, 6.45) is 1.12. The van der Waals surface area contributed by atoms with E-state index in [1.807, 2.05) is 6.92 Å². The van der Waals surface area contributed by atoms with Crippen molar-refractivity contribution in [3.8, 4) is 0 Å². The molecule has 0 saturated heterocycles. The van der Waals surface area contributed by atoms with E-state index in [0.29, 0.717) is 0 Å². The van der Waals surface area contributed by atoms with Gasteiger partial charge in [-0.1, -0.05) is 0 Å². The van der Waals surface area contributed by atoms with Gasteiger partial charge in [0, 0.05) is 12.1 Å². The minimum atomic E-state index is 0.120.